The summed E-state index contributed by atoms with van der Waals surface area (Å²) in [5.41, 5.74) is 0.662. The Labute approximate surface area is 163 Å². The Bertz CT molecular complexity index is 893. The van der Waals surface area contributed by atoms with E-state index >= 15 is 0 Å². The van der Waals surface area contributed by atoms with Crippen LogP contribution in [0, 0.1) is 22.7 Å². The Morgan fingerprint density at radius 1 is 1.25 bits per heavy atom. The van der Waals surface area contributed by atoms with E-state index in [0.29, 0.717) is 36.2 Å². The van der Waals surface area contributed by atoms with Crippen LogP contribution in [0.4, 0.5) is 17.3 Å². The normalized spacial score (nSPS) is 16.6. The summed E-state index contributed by atoms with van der Waals surface area (Å²) in [7, 11) is 0. The Morgan fingerprint density at radius 3 is 2.75 bits per heavy atom. The predicted molar refractivity (Wildman–Crippen MR) is 102 cm³/mol. The predicted octanol–water partition coefficient (Wildman–Crippen LogP) is 1.08. The molecule has 28 heavy (non-hydrogen) atoms. The highest BCUT2D eigenvalue weighted by Gasteiger charge is 2.27. The average molecular weight is 379 g/mol. The van der Waals surface area contributed by atoms with Crippen molar-refractivity contribution in [3.05, 3.63) is 29.8 Å². The number of rotatable bonds is 6. The highest BCUT2D eigenvalue weighted by Crippen LogP contribution is 2.29. The molecular weight excluding hydrogens is 358 g/mol. The van der Waals surface area contributed by atoms with E-state index in [1.54, 1.807) is 19.9 Å². The van der Waals surface area contributed by atoms with E-state index in [1.807, 2.05) is 6.07 Å². The number of ether oxygens (including phenoxy) is 1. The van der Waals surface area contributed by atoms with Crippen LogP contribution in [-0.4, -0.2) is 52.5 Å². The standard InChI is InChI=1S/C18H21N9O/c1-18(2,11-20)17-14(23-9-13-8-21-3-4-28-13)5-15(26-27-17)25-16-10-22-12(6-19)7-24-16/h5,7,10,13,21H,3-4,8-9H2,1-2H3,(H2,23,24,25,26)/t13-/m1/s1. The maximum absolute atomic E-state index is 9.50. The van der Waals surface area contributed by atoms with Gasteiger partial charge >= 0.3 is 0 Å². The summed E-state index contributed by atoms with van der Waals surface area (Å²) < 4.78 is 5.71. The van der Waals surface area contributed by atoms with Gasteiger partial charge in [0.05, 0.1) is 42.3 Å². The van der Waals surface area contributed by atoms with E-state index < -0.39 is 5.41 Å². The molecule has 10 heteroatoms. The van der Waals surface area contributed by atoms with Gasteiger partial charge in [0.2, 0.25) is 0 Å². The summed E-state index contributed by atoms with van der Waals surface area (Å²) in [6.45, 7) is 6.43. The fourth-order valence-electron chi connectivity index (χ4n) is 2.66. The number of nitrogens with one attached hydrogen (secondary N) is 3. The largest absolute Gasteiger partial charge is 0.381 e. The summed E-state index contributed by atoms with van der Waals surface area (Å²) >= 11 is 0. The number of nitriles is 2. The fraction of sp³-hybridized carbons (Fsp3) is 0.444. The molecular formula is C18H21N9O. The average Bonchev–Trinajstić information content (AvgIpc) is 2.73. The Morgan fingerprint density at radius 2 is 2.11 bits per heavy atom. The molecule has 0 aliphatic carbocycles. The Balaban J connectivity index is 1.81. The molecule has 10 nitrogen and oxygen atoms in total. The molecule has 1 saturated heterocycles. The summed E-state index contributed by atoms with van der Waals surface area (Å²) in [5, 5.41) is 36.3. The van der Waals surface area contributed by atoms with Crippen molar-refractivity contribution in [1.82, 2.24) is 25.5 Å². The van der Waals surface area contributed by atoms with Crippen molar-refractivity contribution in [1.29, 1.82) is 10.5 Å². The molecule has 0 aromatic carbocycles. The molecule has 1 aliphatic heterocycles. The second kappa shape index (κ2) is 8.57. The molecule has 0 radical (unpaired) electrons. The zero-order valence-electron chi connectivity index (χ0n) is 15.7. The maximum atomic E-state index is 9.50. The van der Waals surface area contributed by atoms with Crippen molar-refractivity contribution < 1.29 is 4.74 Å². The molecule has 0 saturated carbocycles. The van der Waals surface area contributed by atoms with Crippen LogP contribution in [0.1, 0.15) is 25.2 Å². The van der Waals surface area contributed by atoms with E-state index in [9.17, 15) is 5.26 Å². The number of morpholine rings is 1. The molecule has 2 aromatic heterocycles. The first-order valence-electron chi connectivity index (χ1n) is 8.86. The first-order chi connectivity index (χ1) is 13.5. The molecule has 1 fully saturated rings. The molecule has 3 rings (SSSR count). The van der Waals surface area contributed by atoms with Gasteiger partial charge in [0.25, 0.3) is 0 Å². The quantitative estimate of drug-likeness (QED) is 0.666. The third-order valence-electron chi connectivity index (χ3n) is 4.21. The first kappa shape index (κ1) is 19.4. The minimum absolute atomic E-state index is 0.0285. The van der Waals surface area contributed by atoms with Gasteiger partial charge in [0.15, 0.2) is 11.5 Å². The topological polar surface area (TPSA) is 144 Å². The molecule has 3 heterocycles. The van der Waals surface area contributed by atoms with Gasteiger partial charge in [-0.1, -0.05) is 0 Å². The van der Waals surface area contributed by atoms with Gasteiger partial charge < -0.3 is 20.7 Å². The van der Waals surface area contributed by atoms with Crippen LogP contribution >= 0.6 is 0 Å². The summed E-state index contributed by atoms with van der Waals surface area (Å²) in [6.07, 6.45) is 2.85. The lowest BCUT2D eigenvalue weighted by Crippen LogP contribution is -2.42. The first-order valence-corrected chi connectivity index (χ1v) is 8.86. The summed E-state index contributed by atoms with van der Waals surface area (Å²) in [4.78, 5) is 8.08. The zero-order valence-corrected chi connectivity index (χ0v) is 15.7. The highest BCUT2D eigenvalue weighted by molar-refractivity contribution is 5.61. The second-order valence-electron chi connectivity index (χ2n) is 6.83. The van der Waals surface area contributed by atoms with E-state index in [0.717, 1.165) is 13.1 Å². The Hall–Kier alpha value is -3.34. The number of hydrogen-bond donors (Lipinski definition) is 3. The molecule has 2 aromatic rings. The molecule has 1 aliphatic rings. The SMILES string of the molecule is CC(C)(C#N)c1nnc(Nc2cnc(C#N)cn2)cc1NC[C@H]1CNCCO1. The summed E-state index contributed by atoms with van der Waals surface area (Å²) in [6, 6.07) is 5.95. The number of aromatic nitrogens is 4. The fourth-order valence-corrected chi connectivity index (χ4v) is 2.66. The van der Waals surface area contributed by atoms with E-state index in [4.69, 9.17) is 10.00 Å². The zero-order chi connectivity index (χ0) is 20.0. The van der Waals surface area contributed by atoms with Crippen LogP contribution in [-0.2, 0) is 10.2 Å². The molecule has 3 N–H and O–H groups in total. The van der Waals surface area contributed by atoms with Gasteiger partial charge in [0.1, 0.15) is 17.6 Å². The highest BCUT2D eigenvalue weighted by atomic mass is 16.5. The Kier molecular flexibility index (Phi) is 5.94. The number of hydrogen-bond acceptors (Lipinski definition) is 10. The third kappa shape index (κ3) is 4.68. The van der Waals surface area contributed by atoms with Crippen molar-refractivity contribution >= 4 is 17.3 Å². The van der Waals surface area contributed by atoms with Gasteiger partial charge in [-0.3, -0.25) is 0 Å². The second-order valence-corrected chi connectivity index (χ2v) is 6.83. The van der Waals surface area contributed by atoms with Crippen molar-refractivity contribution in [2.24, 2.45) is 0 Å². The molecule has 1 atom stereocenters. The lowest BCUT2D eigenvalue weighted by atomic mass is 9.90. The molecule has 0 spiro atoms. The smallest absolute Gasteiger partial charge is 0.158 e. The molecule has 0 bridgehead atoms. The van der Waals surface area contributed by atoms with E-state index in [-0.39, 0.29) is 11.8 Å². The van der Waals surface area contributed by atoms with Crippen LogP contribution in [0.3, 0.4) is 0 Å². The summed E-state index contributed by atoms with van der Waals surface area (Å²) in [5.74, 6) is 0.882. The van der Waals surface area contributed by atoms with Crippen molar-refractivity contribution in [2.75, 3.05) is 36.9 Å². The van der Waals surface area contributed by atoms with Crippen LogP contribution in [0.15, 0.2) is 18.5 Å². The van der Waals surface area contributed by atoms with Crippen LogP contribution in [0.25, 0.3) is 0 Å². The van der Waals surface area contributed by atoms with E-state index in [1.165, 1.54) is 12.4 Å². The lowest BCUT2D eigenvalue weighted by molar-refractivity contribution is 0.0372. The van der Waals surface area contributed by atoms with Crippen molar-refractivity contribution in [3.63, 3.8) is 0 Å². The lowest BCUT2D eigenvalue weighted by Gasteiger charge is -2.26. The molecule has 144 valence electrons. The third-order valence-corrected chi connectivity index (χ3v) is 4.21. The van der Waals surface area contributed by atoms with Crippen molar-refractivity contribution in [3.8, 4) is 12.1 Å². The minimum Gasteiger partial charge on any atom is -0.381 e. The van der Waals surface area contributed by atoms with Gasteiger partial charge in [0, 0.05) is 25.7 Å². The van der Waals surface area contributed by atoms with Crippen LogP contribution in [0.2, 0.25) is 0 Å². The van der Waals surface area contributed by atoms with Crippen LogP contribution in [0.5, 0.6) is 0 Å². The van der Waals surface area contributed by atoms with Crippen LogP contribution < -0.4 is 16.0 Å². The van der Waals surface area contributed by atoms with E-state index in [2.05, 4.69) is 42.2 Å². The number of nitrogens with zero attached hydrogens (tertiary/aromatic N) is 6. The molecule has 0 unspecified atom stereocenters. The maximum Gasteiger partial charge on any atom is 0.158 e. The number of anilines is 3. The monoisotopic (exact) mass is 379 g/mol. The molecule has 0 amide bonds. The van der Waals surface area contributed by atoms with Gasteiger partial charge in [-0.15, -0.1) is 10.2 Å². The van der Waals surface area contributed by atoms with Gasteiger partial charge in [-0.2, -0.15) is 10.5 Å². The minimum atomic E-state index is -0.812. The van der Waals surface area contributed by atoms with Gasteiger partial charge in [-0.05, 0) is 13.8 Å². The van der Waals surface area contributed by atoms with Crippen molar-refractivity contribution in [2.45, 2.75) is 25.4 Å². The van der Waals surface area contributed by atoms with Gasteiger partial charge in [-0.25, -0.2) is 9.97 Å².